The summed E-state index contributed by atoms with van der Waals surface area (Å²) in [7, 11) is -3.32. The Kier molecular flexibility index (Phi) is 8.31. The van der Waals surface area contributed by atoms with Gasteiger partial charge in [0.1, 0.15) is 5.41 Å². The van der Waals surface area contributed by atoms with E-state index >= 15 is 0 Å². The second-order valence-corrected chi connectivity index (χ2v) is 12.5. The normalized spacial score (nSPS) is 17.2. The van der Waals surface area contributed by atoms with Crippen molar-refractivity contribution in [3.8, 4) is 11.1 Å². The Morgan fingerprint density at radius 1 is 0.795 bits per heavy atom. The molecule has 3 aromatic carbocycles. The van der Waals surface area contributed by atoms with E-state index in [9.17, 15) is 18.3 Å². The van der Waals surface area contributed by atoms with Gasteiger partial charge in [-0.25, -0.2) is 8.42 Å². The number of allylic oxidation sites excluding steroid dienone is 1. The lowest BCUT2D eigenvalue weighted by atomic mass is 9.74. The molecule has 0 spiro atoms. The molecule has 1 aliphatic carbocycles. The van der Waals surface area contributed by atoms with Gasteiger partial charge < -0.3 is 10.0 Å². The molecule has 0 unspecified atom stereocenters. The van der Waals surface area contributed by atoms with E-state index in [1.807, 2.05) is 84.9 Å². The fourth-order valence-corrected chi connectivity index (χ4v) is 7.33. The van der Waals surface area contributed by atoms with E-state index in [1.54, 1.807) is 10.4 Å². The number of carboxylic acids is 1. The number of benzene rings is 3. The third kappa shape index (κ3) is 5.71. The van der Waals surface area contributed by atoms with Gasteiger partial charge in [-0.15, -0.1) is 0 Å². The molecule has 0 aromatic heterocycles. The lowest BCUT2D eigenvalue weighted by molar-refractivity contribution is -0.142. The Labute approximate surface area is 231 Å². The zero-order valence-corrected chi connectivity index (χ0v) is 23.0. The molecule has 1 aliphatic heterocycles. The van der Waals surface area contributed by atoms with Crippen molar-refractivity contribution in [3.05, 3.63) is 108 Å². The lowest BCUT2D eigenvalue weighted by Gasteiger charge is -2.34. The minimum absolute atomic E-state index is 0.0278. The van der Waals surface area contributed by atoms with Crippen molar-refractivity contribution >= 4 is 16.0 Å². The van der Waals surface area contributed by atoms with Crippen molar-refractivity contribution in [1.29, 1.82) is 0 Å². The van der Waals surface area contributed by atoms with Crippen molar-refractivity contribution in [1.82, 2.24) is 9.21 Å². The Bertz CT molecular complexity index is 1380. The van der Waals surface area contributed by atoms with E-state index in [-0.39, 0.29) is 5.75 Å². The van der Waals surface area contributed by atoms with Crippen LogP contribution in [0.3, 0.4) is 0 Å². The summed E-state index contributed by atoms with van der Waals surface area (Å²) in [6.45, 7) is 3.22. The number of hydrogen-bond donors (Lipinski definition) is 1. The summed E-state index contributed by atoms with van der Waals surface area (Å²) in [5.41, 5.74) is 3.94. The molecule has 0 radical (unpaired) electrons. The first-order chi connectivity index (χ1) is 18.9. The number of rotatable bonds is 11. The highest BCUT2D eigenvalue weighted by atomic mass is 32.2. The van der Waals surface area contributed by atoms with E-state index in [0.29, 0.717) is 32.6 Å². The summed E-state index contributed by atoms with van der Waals surface area (Å²) in [4.78, 5) is 15.1. The molecule has 1 saturated heterocycles. The number of sulfonamides is 1. The van der Waals surface area contributed by atoms with Gasteiger partial charge in [0.2, 0.25) is 10.0 Å². The predicted molar refractivity (Wildman–Crippen MR) is 155 cm³/mol. The smallest absolute Gasteiger partial charge is 0.318 e. The first kappa shape index (κ1) is 27.3. The van der Waals surface area contributed by atoms with Crippen LogP contribution >= 0.6 is 0 Å². The maximum absolute atomic E-state index is 12.8. The maximum Gasteiger partial charge on any atom is 0.318 e. The average molecular weight is 545 g/mol. The summed E-state index contributed by atoms with van der Waals surface area (Å²) < 4.78 is 27.2. The number of unbranched alkanes of at least 4 members (excludes halogenated alkanes) is 1. The molecule has 1 fully saturated rings. The fourth-order valence-electron chi connectivity index (χ4n) is 6.02. The first-order valence-electron chi connectivity index (χ1n) is 13.7. The minimum atomic E-state index is -3.32. The van der Waals surface area contributed by atoms with Crippen LogP contribution in [0.25, 0.3) is 11.1 Å². The molecule has 1 N–H and O–H groups in total. The number of hydrogen-bond acceptors (Lipinski definition) is 4. The molecule has 0 saturated carbocycles. The number of piperazine rings is 1. The van der Waals surface area contributed by atoms with Crippen molar-refractivity contribution < 1.29 is 18.3 Å². The molecular weight excluding hydrogens is 508 g/mol. The van der Waals surface area contributed by atoms with Gasteiger partial charge in [-0.2, -0.15) is 4.31 Å². The van der Waals surface area contributed by atoms with Crippen LogP contribution < -0.4 is 0 Å². The number of carboxylic acid groups (broad SMARTS) is 1. The van der Waals surface area contributed by atoms with Crippen LogP contribution in [0.5, 0.6) is 0 Å². The van der Waals surface area contributed by atoms with Crippen molar-refractivity contribution in [2.75, 3.05) is 38.5 Å². The summed E-state index contributed by atoms with van der Waals surface area (Å²) >= 11 is 0. The molecule has 1 heterocycles. The number of nitrogens with zero attached hydrogens (tertiary/aromatic N) is 2. The molecule has 0 bridgehead atoms. The fraction of sp³-hybridized carbons (Fsp3) is 0.344. The Morgan fingerprint density at radius 3 is 2.00 bits per heavy atom. The van der Waals surface area contributed by atoms with Crippen LogP contribution in [0.15, 0.2) is 91.0 Å². The van der Waals surface area contributed by atoms with Crippen LogP contribution in [0, 0.1) is 0 Å². The molecule has 39 heavy (non-hydrogen) atoms. The van der Waals surface area contributed by atoms with Gasteiger partial charge >= 0.3 is 5.97 Å². The molecule has 7 heteroatoms. The quantitative estimate of drug-likeness (QED) is 0.273. The zero-order chi connectivity index (χ0) is 27.3. The number of aliphatic carboxylic acids is 1. The molecule has 5 rings (SSSR count). The highest BCUT2D eigenvalue weighted by Gasteiger charge is 2.48. The molecule has 0 amide bonds. The first-order valence-corrected chi connectivity index (χ1v) is 15.3. The molecule has 0 atom stereocenters. The number of fused-ring (bicyclic) bond motifs is 3. The highest BCUT2D eigenvalue weighted by Crippen LogP contribution is 2.51. The van der Waals surface area contributed by atoms with E-state index in [1.165, 1.54) is 0 Å². The minimum Gasteiger partial charge on any atom is -0.480 e. The summed E-state index contributed by atoms with van der Waals surface area (Å²) in [5.74, 6) is -0.767. The second-order valence-electron chi connectivity index (χ2n) is 10.4. The van der Waals surface area contributed by atoms with Crippen LogP contribution in [0.4, 0.5) is 0 Å². The van der Waals surface area contributed by atoms with Gasteiger partial charge in [0, 0.05) is 26.2 Å². The van der Waals surface area contributed by atoms with Gasteiger partial charge in [0.25, 0.3) is 0 Å². The SMILES string of the molecule is O=C(O)C1(CCCCN2CCN(S(=O)(=O)CC=CCc3ccccc3)CC2)c2ccccc2-c2ccccc21. The van der Waals surface area contributed by atoms with E-state index in [2.05, 4.69) is 4.90 Å². The van der Waals surface area contributed by atoms with E-state index in [4.69, 9.17) is 0 Å². The summed E-state index contributed by atoms with van der Waals surface area (Å²) in [5, 5.41) is 10.5. The van der Waals surface area contributed by atoms with Crippen LogP contribution in [0.2, 0.25) is 0 Å². The largest absolute Gasteiger partial charge is 0.480 e. The third-order valence-electron chi connectivity index (χ3n) is 8.10. The summed E-state index contributed by atoms with van der Waals surface area (Å²) in [6.07, 6.45) is 6.60. The Hall–Kier alpha value is -3.26. The molecule has 3 aromatic rings. The van der Waals surface area contributed by atoms with Gasteiger partial charge in [-0.05, 0) is 53.6 Å². The molecule has 2 aliphatic rings. The lowest BCUT2D eigenvalue weighted by Crippen LogP contribution is -2.49. The van der Waals surface area contributed by atoms with Crippen molar-refractivity contribution in [2.24, 2.45) is 0 Å². The van der Waals surface area contributed by atoms with E-state index < -0.39 is 21.4 Å². The third-order valence-corrected chi connectivity index (χ3v) is 9.87. The van der Waals surface area contributed by atoms with Gasteiger partial charge in [-0.3, -0.25) is 4.79 Å². The van der Waals surface area contributed by atoms with Crippen molar-refractivity contribution in [2.45, 2.75) is 31.1 Å². The number of carbonyl (C=O) groups is 1. The maximum atomic E-state index is 12.8. The molecular formula is C32H36N2O4S. The average Bonchev–Trinajstić information content (AvgIpc) is 3.25. The van der Waals surface area contributed by atoms with Gasteiger partial charge in [0.05, 0.1) is 5.75 Å². The standard InChI is InChI=1S/C32H36N2O4S/c35-31(36)32(29-17-6-4-15-27(29)28-16-5-7-18-30(28)32)19-9-10-20-33-21-23-34(24-22-33)39(37,38)25-11-8-14-26-12-2-1-3-13-26/h1-8,11-13,15-18H,9-10,14,19-25H2,(H,35,36). The Balaban J connectivity index is 1.11. The van der Waals surface area contributed by atoms with Crippen LogP contribution in [-0.4, -0.2) is 67.2 Å². The predicted octanol–water partition coefficient (Wildman–Crippen LogP) is 4.95. The van der Waals surface area contributed by atoms with Crippen LogP contribution in [-0.2, 0) is 26.7 Å². The highest BCUT2D eigenvalue weighted by molar-refractivity contribution is 7.89. The van der Waals surface area contributed by atoms with Crippen molar-refractivity contribution in [3.63, 3.8) is 0 Å². The Morgan fingerprint density at radius 2 is 1.38 bits per heavy atom. The second kappa shape index (κ2) is 11.9. The molecule has 6 nitrogen and oxygen atoms in total. The van der Waals surface area contributed by atoms with E-state index in [0.717, 1.165) is 53.6 Å². The summed E-state index contributed by atoms with van der Waals surface area (Å²) in [6, 6.07) is 25.7. The molecule has 204 valence electrons. The zero-order valence-electron chi connectivity index (χ0n) is 22.2. The monoisotopic (exact) mass is 544 g/mol. The van der Waals surface area contributed by atoms with Gasteiger partial charge in [0.15, 0.2) is 0 Å². The topological polar surface area (TPSA) is 77.9 Å². The van der Waals surface area contributed by atoms with Crippen LogP contribution in [0.1, 0.15) is 36.0 Å². The van der Waals surface area contributed by atoms with Gasteiger partial charge in [-0.1, -0.05) is 97.4 Å².